The number of rotatable bonds is 3. The zero-order chi connectivity index (χ0) is 22.7. The summed E-state index contributed by atoms with van der Waals surface area (Å²) in [6, 6.07) is 8.01. The van der Waals surface area contributed by atoms with Crippen LogP contribution in [0.25, 0.3) is 0 Å². The lowest BCUT2D eigenvalue weighted by Gasteiger charge is -2.60. The lowest BCUT2D eigenvalue weighted by Crippen LogP contribution is -2.59. The van der Waals surface area contributed by atoms with Crippen LogP contribution in [-0.2, 0) is 16.1 Å². The van der Waals surface area contributed by atoms with Crippen molar-refractivity contribution in [1.29, 1.82) is 0 Å². The number of likely N-dealkylation sites (N-methyl/N-ethyl adjacent to an activating group) is 1. The third kappa shape index (κ3) is 3.32. The molecule has 4 nitrogen and oxygen atoms in total. The number of nitrogens with zero attached hydrogens (tertiary/aromatic N) is 1. The highest BCUT2D eigenvalue weighted by Gasteiger charge is 2.61. The van der Waals surface area contributed by atoms with E-state index in [1.807, 2.05) is 36.2 Å². The SMILES string of the molecule is CN1C(=O)C=C[C@@]2(C)C1CC[C@@H]1[C@H]2CC[C@]2(C)C(C(=O)NCc3ccc(Cl)cc3)CC[C@@H]12. The fourth-order valence-electron chi connectivity index (χ4n) is 8.08. The molecule has 2 amide bonds. The smallest absolute Gasteiger partial charge is 0.246 e. The van der Waals surface area contributed by atoms with Crippen LogP contribution in [0.2, 0.25) is 5.02 Å². The molecule has 1 aromatic carbocycles. The number of carbonyl (C=O) groups excluding carboxylic acids is 2. The molecule has 3 aliphatic carbocycles. The summed E-state index contributed by atoms with van der Waals surface area (Å²) < 4.78 is 0. The number of hydrogen-bond acceptors (Lipinski definition) is 2. The Kier molecular flexibility index (Phi) is 5.43. The van der Waals surface area contributed by atoms with E-state index >= 15 is 0 Å². The Morgan fingerprint density at radius 2 is 1.84 bits per heavy atom. The Hall–Kier alpha value is -1.81. The van der Waals surface area contributed by atoms with Crippen LogP contribution >= 0.6 is 11.6 Å². The quantitative estimate of drug-likeness (QED) is 0.681. The van der Waals surface area contributed by atoms with Crippen LogP contribution in [-0.4, -0.2) is 29.8 Å². The summed E-state index contributed by atoms with van der Waals surface area (Å²) >= 11 is 5.99. The fourth-order valence-corrected chi connectivity index (χ4v) is 8.21. The number of halogens is 1. The number of hydrogen-bond donors (Lipinski definition) is 1. The number of carbonyl (C=O) groups is 2. The Morgan fingerprint density at radius 3 is 2.59 bits per heavy atom. The summed E-state index contributed by atoms with van der Waals surface area (Å²) in [5, 5.41) is 3.93. The van der Waals surface area contributed by atoms with Gasteiger partial charge in [0.2, 0.25) is 11.8 Å². The molecule has 0 aromatic heterocycles. The van der Waals surface area contributed by atoms with Gasteiger partial charge in [0.05, 0.1) is 0 Å². The lowest BCUT2D eigenvalue weighted by atomic mass is 9.47. The second kappa shape index (κ2) is 7.90. The monoisotopic (exact) mass is 454 g/mol. The van der Waals surface area contributed by atoms with E-state index in [1.165, 1.54) is 6.42 Å². The van der Waals surface area contributed by atoms with Crippen molar-refractivity contribution in [2.24, 2.45) is 34.5 Å². The predicted molar refractivity (Wildman–Crippen MR) is 127 cm³/mol. The molecule has 0 radical (unpaired) electrons. The van der Waals surface area contributed by atoms with E-state index in [9.17, 15) is 9.59 Å². The summed E-state index contributed by atoms with van der Waals surface area (Å²) in [6.45, 7) is 5.32. The third-order valence-electron chi connectivity index (χ3n) is 9.82. The summed E-state index contributed by atoms with van der Waals surface area (Å²) in [5.41, 5.74) is 1.22. The summed E-state index contributed by atoms with van der Waals surface area (Å²) in [4.78, 5) is 27.5. The van der Waals surface area contributed by atoms with Gasteiger partial charge in [-0.15, -0.1) is 0 Å². The number of amides is 2. The summed E-state index contributed by atoms with van der Waals surface area (Å²) in [7, 11) is 1.97. The standard InChI is InChI=1S/C27H35ClN2O2/c1-26-14-12-21-19(8-11-23-27(21,2)15-13-24(31)30(23)3)20(26)9-10-22(26)25(32)29-16-17-4-6-18(28)7-5-17/h4-7,13,15,19-23H,8-12,14,16H2,1-3H3,(H,29,32)/t19-,20-,21+,22?,23?,26-,27+/m0/s1. The molecule has 0 spiro atoms. The van der Waals surface area contributed by atoms with Gasteiger partial charge < -0.3 is 10.2 Å². The van der Waals surface area contributed by atoms with Crippen LogP contribution < -0.4 is 5.32 Å². The van der Waals surface area contributed by atoms with Gasteiger partial charge >= 0.3 is 0 Å². The first-order valence-corrected chi connectivity index (χ1v) is 12.6. The predicted octanol–water partition coefficient (Wildman–Crippen LogP) is 5.21. The van der Waals surface area contributed by atoms with Gasteiger partial charge in [0.25, 0.3) is 0 Å². The average Bonchev–Trinajstić information content (AvgIpc) is 3.13. The molecule has 1 aromatic rings. The topological polar surface area (TPSA) is 49.4 Å². The Balaban J connectivity index is 1.31. The van der Waals surface area contributed by atoms with Crippen LogP contribution in [0.3, 0.4) is 0 Å². The molecule has 0 saturated heterocycles. The molecule has 1 heterocycles. The molecule has 3 saturated carbocycles. The maximum Gasteiger partial charge on any atom is 0.246 e. The van der Waals surface area contributed by atoms with E-state index in [0.29, 0.717) is 30.3 Å². The van der Waals surface area contributed by atoms with E-state index in [0.717, 1.165) is 42.7 Å². The average molecular weight is 455 g/mol. The van der Waals surface area contributed by atoms with Crippen LogP contribution in [0.5, 0.6) is 0 Å². The van der Waals surface area contributed by atoms with Crippen molar-refractivity contribution < 1.29 is 9.59 Å². The van der Waals surface area contributed by atoms with Gasteiger partial charge in [0.1, 0.15) is 0 Å². The maximum absolute atomic E-state index is 13.3. The van der Waals surface area contributed by atoms with E-state index in [1.54, 1.807) is 6.08 Å². The molecule has 32 heavy (non-hydrogen) atoms. The van der Waals surface area contributed by atoms with E-state index in [4.69, 9.17) is 11.6 Å². The normalized spacial score (nSPS) is 40.4. The first-order chi connectivity index (χ1) is 15.2. The summed E-state index contributed by atoms with van der Waals surface area (Å²) in [6.07, 6.45) is 10.7. The first-order valence-electron chi connectivity index (χ1n) is 12.2. The molecule has 2 unspecified atom stereocenters. The van der Waals surface area contributed by atoms with Crippen molar-refractivity contribution in [3.8, 4) is 0 Å². The molecule has 7 atom stereocenters. The minimum Gasteiger partial charge on any atom is -0.352 e. The lowest BCUT2D eigenvalue weighted by molar-refractivity contribution is -0.142. The highest BCUT2D eigenvalue weighted by molar-refractivity contribution is 6.30. The molecule has 0 bridgehead atoms. The van der Waals surface area contributed by atoms with Crippen LogP contribution in [0.15, 0.2) is 36.4 Å². The minimum atomic E-state index is 0.0574. The number of nitrogens with one attached hydrogen (secondary N) is 1. The van der Waals surface area contributed by atoms with E-state index in [2.05, 4.69) is 25.2 Å². The molecule has 1 N–H and O–H groups in total. The van der Waals surface area contributed by atoms with Gasteiger partial charge in [0.15, 0.2) is 0 Å². The minimum absolute atomic E-state index is 0.0574. The third-order valence-corrected chi connectivity index (χ3v) is 10.1. The molecular weight excluding hydrogens is 420 g/mol. The molecule has 5 heteroatoms. The zero-order valence-electron chi connectivity index (χ0n) is 19.4. The van der Waals surface area contributed by atoms with E-state index < -0.39 is 0 Å². The van der Waals surface area contributed by atoms with Crippen molar-refractivity contribution in [2.75, 3.05) is 7.05 Å². The Morgan fingerprint density at radius 1 is 1.09 bits per heavy atom. The van der Waals surface area contributed by atoms with E-state index in [-0.39, 0.29) is 28.6 Å². The fraction of sp³-hybridized carbons (Fsp3) is 0.630. The molecule has 5 rings (SSSR count). The van der Waals surface area contributed by atoms with Crippen molar-refractivity contribution in [3.05, 3.63) is 47.0 Å². The first kappa shape index (κ1) is 22.0. The van der Waals surface area contributed by atoms with Crippen LogP contribution in [0.4, 0.5) is 0 Å². The largest absolute Gasteiger partial charge is 0.352 e. The molecule has 4 aliphatic rings. The molecular formula is C27H35ClN2O2. The van der Waals surface area contributed by atoms with Gasteiger partial charge in [-0.05, 0) is 85.5 Å². The Bertz CT molecular complexity index is 943. The van der Waals surface area contributed by atoms with Gasteiger partial charge in [-0.3, -0.25) is 9.59 Å². The highest BCUT2D eigenvalue weighted by Crippen LogP contribution is 2.65. The van der Waals surface area contributed by atoms with Gasteiger partial charge in [0, 0.05) is 36.0 Å². The highest BCUT2D eigenvalue weighted by atomic mass is 35.5. The van der Waals surface area contributed by atoms with Crippen LogP contribution in [0.1, 0.15) is 57.9 Å². The van der Waals surface area contributed by atoms with Gasteiger partial charge in [-0.2, -0.15) is 0 Å². The second-order valence-corrected chi connectivity index (χ2v) is 11.6. The van der Waals surface area contributed by atoms with Crippen molar-refractivity contribution >= 4 is 23.4 Å². The van der Waals surface area contributed by atoms with Gasteiger partial charge in [-0.1, -0.05) is 43.7 Å². The second-order valence-electron chi connectivity index (χ2n) is 11.1. The van der Waals surface area contributed by atoms with Crippen molar-refractivity contribution in [3.63, 3.8) is 0 Å². The zero-order valence-corrected chi connectivity index (χ0v) is 20.2. The summed E-state index contributed by atoms with van der Waals surface area (Å²) in [5.74, 6) is 2.30. The molecule has 1 aliphatic heterocycles. The number of fused-ring (bicyclic) bond motifs is 5. The Labute approximate surface area is 196 Å². The molecule has 172 valence electrons. The van der Waals surface area contributed by atoms with Crippen LogP contribution in [0, 0.1) is 34.5 Å². The maximum atomic E-state index is 13.3. The number of benzene rings is 1. The van der Waals surface area contributed by atoms with Crippen molar-refractivity contribution in [1.82, 2.24) is 10.2 Å². The molecule has 3 fully saturated rings. The van der Waals surface area contributed by atoms with Gasteiger partial charge in [-0.25, -0.2) is 0 Å². The van der Waals surface area contributed by atoms with Crippen molar-refractivity contribution in [2.45, 2.75) is 65.0 Å².